The van der Waals surface area contributed by atoms with Crippen molar-refractivity contribution in [1.82, 2.24) is 15.1 Å². The molecule has 0 aliphatic carbocycles. The summed E-state index contributed by atoms with van der Waals surface area (Å²) in [6.45, 7) is -0.260. The number of likely N-dealkylation sites (tertiary alicyclic amines) is 1. The average Bonchev–Trinajstić information content (AvgIpc) is 2.77. The summed E-state index contributed by atoms with van der Waals surface area (Å²) in [6, 6.07) is -1.72. The number of carboxylic acid groups (broad SMARTS) is 1. The van der Waals surface area contributed by atoms with Crippen LogP contribution < -0.4 is 11.1 Å². The van der Waals surface area contributed by atoms with Gasteiger partial charge in [-0.1, -0.05) is 0 Å². The standard InChI is InChI=1S/C9H12N4O5/c1-12-7(16)11-6(15)9(12)2-4(5(10)14)13(3-9)8(17)18/h4H,2-3H2,1H3,(H2,10,14)(H,17,18)(H,11,15,16)/t4-,9-/m0/s1. The number of likely N-dealkylation sites (N-methyl/N-ethyl adjacent to an activating group) is 1. The van der Waals surface area contributed by atoms with E-state index in [-0.39, 0.29) is 13.0 Å². The Labute approximate surface area is 101 Å². The van der Waals surface area contributed by atoms with Crippen LogP contribution in [0.5, 0.6) is 0 Å². The summed E-state index contributed by atoms with van der Waals surface area (Å²) >= 11 is 0. The summed E-state index contributed by atoms with van der Waals surface area (Å²) in [5.41, 5.74) is 3.79. The fraction of sp³-hybridized carbons (Fsp3) is 0.556. The maximum atomic E-state index is 11.8. The van der Waals surface area contributed by atoms with Gasteiger partial charge in [0, 0.05) is 13.5 Å². The first-order valence-corrected chi connectivity index (χ1v) is 5.18. The Balaban J connectivity index is 2.38. The van der Waals surface area contributed by atoms with Crippen molar-refractivity contribution < 1.29 is 24.3 Å². The molecule has 1 spiro atoms. The molecule has 0 unspecified atom stereocenters. The molecule has 18 heavy (non-hydrogen) atoms. The second kappa shape index (κ2) is 3.59. The van der Waals surface area contributed by atoms with E-state index in [1.807, 2.05) is 0 Å². The molecular weight excluding hydrogens is 244 g/mol. The van der Waals surface area contributed by atoms with E-state index in [1.165, 1.54) is 7.05 Å². The number of hydrogen-bond acceptors (Lipinski definition) is 4. The quantitative estimate of drug-likeness (QED) is 0.473. The van der Waals surface area contributed by atoms with Gasteiger partial charge in [-0.15, -0.1) is 0 Å². The zero-order valence-corrected chi connectivity index (χ0v) is 9.54. The first kappa shape index (κ1) is 12.1. The number of carbonyl (C=O) groups excluding carboxylic acids is 3. The van der Waals surface area contributed by atoms with E-state index in [1.54, 1.807) is 0 Å². The number of imide groups is 1. The Morgan fingerprint density at radius 2 is 2.11 bits per heavy atom. The molecule has 2 rings (SSSR count). The molecule has 5 amide bonds. The lowest BCUT2D eigenvalue weighted by Crippen LogP contribution is -2.50. The smallest absolute Gasteiger partial charge is 0.408 e. The molecule has 9 heteroatoms. The van der Waals surface area contributed by atoms with Crippen LogP contribution in [-0.2, 0) is 9.59 Å². The van der Waals surface area contributed by atoms with Gasteiger partial charge in [0.15, 0.2) is 0 Å². The minimum absolute atomic E-state index is 0.122. The molecule has 98 valence electrons. The maximum Gasteiger partial charge on any atom is 0.408 e. The Kier molecular flexibility index (Phi) is 2.42. The van der Waals surface area contributed by atoms with Gasteiger partial charge in [0.05, 0.1) is 6.54 Å². The summed E-state index contributed by atoms with van der Waals surface area (Å²) in [7, 11) is 1.38. The van der Waals surface area contributed by atoms with Gasteiger partial charge in [-0.05, 0) is 0 Å². The maximum absolute atomic E-state index is 11.8. The van der Waals surface area contributed by atoms with Crippen molar-refractivity contribution in [2.75, 3.05) is 13.6 Å². The van der Waals surface area contributed by atoms with E-state index in [9.17, 15) is 19.2 Å². The number of hydrogen-bond donors (Lipinski definition) is 3. The van der Waals surface area contributed by atoms with Crippen LogP contribution in [0.2, 0.25) is 0 Å². The number of urea groups is 1. The topological polar surface area (TPSA) is 133 Å². The van der Waals surface area contributed by atoms with E-state index in [0.29, 0.717) is 0 Å². The molecule has 2 aliphatic heterocycles. The Morgan fingerprint density at radius 3 is 2.44 bits per heavy atom. The minimum Gasteiger partial charge on any atom is -0.465 e. The lowest BCUT2D eigenvalue weighted by atomic mass is 9.94. The summed E-state index contributed by atoms with van der Waals surface area (Å²) in [6.07, 6.45) is -1.47. The average molecular weight is 256 g/mol. The molecular formula is C9H12N4O5. The van der Waals surface area contributed by atoms with Gasteiger partial charge < -0.3 is 15.7 Å². The first-order chi connectivity index (χ1) is 8.29. The predicted molar refractivity (Wildman–Crippen MR) is 56.4 cm³/mol. The van der Waals surface area contributed by atoms with Gasteiger partial charge in [-0.25, -0.2) is 9.59 Å². The summed E-state index contributed by atoms with van der Waals surface area (Å²) in [4.78, 5) is 47.4. The number of carbonyl (C=O) groups is 4. The summed E-state index contributed by atoms with van der Waals surface area (Å²) in [5, 5.41) is 11.1. The zero-order valence-electron chi connectivity index (χ0n) is 9.54. The third-order valence-corrected chi connectivity index (χ3v) is 3.50. The SMILES string of the molecule is CN1C(=O)NC(=O)[C@@]12C[C@@H](C(N)=O)N(C(=O)O)C2. The highest BCUT2D eigenvalue weighted by molar-refractivity contribution is 6.08. The highest BCUT2D eigenvalue weighted by Crippen LogP contribution is 2.35. The molecule has 0 saturated carbocycles. The normalized spacial score (nSPS) is 31.1. The van der Waals surface area contributed by atoms with Crippen LogP contribution in [0.25, 0.3) is 0 Å². The lowest BCUT2D eigenvalue weighted by Gasteiger charge is -2.27. The van der Waals surface area contributed by atoms with Crippen molar-refractivity contribution in [1.29, 1.82) is 0 Å². The number of nitrogens with one attached hydrogen (secondary N) is 1. The van der Waals surface area contributed by atoms with Gasteiger partial charge in [0.25, 0.3) is 5.91 Å². The van der Waals surface area contributed by atoms with Gasteiger partial charge in [-0.2, -0.15) is 0 Å². The highest BCUT2D eigenvalue weighted by atomic mass is 16.4. The molecule has 2 fully saturated rings. The Bertz CT molecular complexity index is 440. The lowest BCUT2D eigenvalue weighted by molar-refractivity contribution is -0.125. The van der Waals surface area contributed by atoms with Crippen molar-refractivity contribution in [3.05, 3.63) is 0 Å². The fourth-order valence-electron chi connectivity index (χ4n) is 2.39. The number of nitrogens with two attached hydrogens (primary N) is 1. The second-order valence-corrected chi connectivity index (χ2v) is 4.38. The summed E-state index contributed by atoms with van der Waals surface area (Å²) < 4.78 is 0. The number of rotatable bonds is 1. The van der Waals surface area contributed by atoms with Crippen LogP contribution in [-0.4, -0.2) is 64.0 Å². The predicted octanol–water partition coefficient (Wildman–Crippen LogP) is -1.86. The third-order valence-electron chi connectivity index (χ3n) is 3.50. The number of primary amides is 1. The monoisotopic (exact) mass is 256 g/mol. The van der Waals surface area contributed by atoms with Crippen LogP contribution in [0.4, 0.5) is 9.59 Å². The molecule has 0 aromatic carbocycles. The largest absolute Gasteiger partial charge is 0.465 e. The van der Waals surface area contributed by atoms with Gasteiger partial charge >= 0.3 is 12.1 Å². The van der Waals surface area contributed by atoms with Gasteiger partial charge in [-0.3, -0.25) is 19.8 Å². The molecule has 2 atom stereocenters. The molecule has 2 aliphatic rings. The van der Waals surface area contributed by atoms with Crippen molar-refractivity contribution in [2.24, 2.45) is 5.73 Å². The van der Waals surface area contributed by atoms with Crippen molar-refractivity contribution in [3.8, 4) is 0 Å². The zero-order chi connectivity index (χ0) is 13.7. The first-order valence-electron chi connectivity index (χ1n) is 5.18. The molecule has 0 radical (unpaired) electrons. The fourth-order valence-corrected chi connectivity index (χ4v) is 2.39. The van der Waals surface area contributed by atoms with Gasteiger partial charge in [0.1, 0.15) is 11.6 Å². The van der Waals surface area contributed by atoms with E-state index < -0.39 is 35.5 Å². The van der Waals surface area contributed by atoms with Crippen molar-refractivity contribution in [3.63, 3.8) is 0 Å². The molecule has 0 aromatic heterocycles. The van der Waals surface area contributed by atoms with Crippen molar-refractivity contribution >= 4 is 23.9 Å². The molecule has 0 bridgehead atoms. The highest BCUT2D eigenvalue weighted by Gasteiger charge is 2.60. The molecule has 2 saturated heterocycles. The van der Waals surface area contributed by atoms with Crippen LogP contribution in [0.3, 0.4) is 0 Å². The molecule has 0 aromatic rings. The number of nitrogens with zero attached hydrogens (tertiary/aromatic N) is 2. The Morgan fingerprint density at radius 1 is 1.50 bits per heavy atom. The molecule has 4 N–H and O–H groups in total. The molecule has 9 nitrogen and oxygen atoms in total. The number of amides is 5. The van der Waals surface area contributed by atoms with Crippen LogP contribution >= 0.6 is 0 Å². The second-order valence-electron chi connectivity index (χ2n) is 4.38. The third kappa shape index (κ3) is 1.40. The van der Waals surface area contributed by atoms with Crippen molar-refractivity contribution in [2.45, 2.75) is 18.0 Å². The van der Waals surface area contributed by atoms with Crippen LogP contribution in [0, 0.1) is 0 Å². The molecule has 2 heterocycles. The van der Waals surface area contributed by atoms with E-state index >= 15 is 0 Å². The van der Waals surface area contributed by atoms with E-state index in [2.05, 4.69) is 5.32 Å². The van der Waals surface area contributed by atoms with Crippen LogP contribution in [0.15, 0.2) is 0 Å². The van der Waals surface area contributed by atoms with E-state index in [0.717, 1.165) is 9.80 Å². The van der Waals surface area contributed by atoms with Gasteiger partial charge in [0.2, 0.25) is 5.91 Å². The summed E-state index contributed by atoms with van der Waals surface area (Å²) in [5.74, 6) is -1.44. The Hall–Kier alpha value is -2.32. The minimum atomic E-state index is -1.35. The van der Waals surface area contributed by atoms with Crippen LogP contribution in [0.1, 0.15) is 6.42 Å². The van der Waals surface area contributed by atoms with E-state index in [4.69, 9.17) is 10.8 Å².